The van der Waals surface area contributed by atoms with Gasteiger partial charge >= 0.3 is 0 Å². The molecule has 2 aromatic rings. The van der Waals surface area contributed by atoms with Crippen LogP contribution >= 0.6 is 11.6 Å². The van der Waals surface area contributed by atoms with Gasteiger partial charge in [-0.2, -0.15) is 0 Å². The first-order valence-corrected chi connectivity index (χ1v) is 9.50. The molecule has 1 aromatic heterocycles. The Hall–Kier alpha value is -1.85. The highest BCUT2D eigenvalue weighted by molar-refractivity contribution is 6.31. The summed E-state index contributed by atoms with van der Waals surface area (Å²) >= 11 is 6.25. The highest BCUT2D eigenvalue weighted by atomic mass is 35.5. The van der Waals surface area contributed by atoms with Crippen molar-refractivity contribution in [3.8, 4) is 0 Å². The van der Waals surface area contributed by atoms with Gasteiger partial charge in [0.05, 0.1) is 17.5 Å². The standard InChI is InChI=1S/C20H25ClN2O3/c1-4-5-8-26-13(2)16-11-15(21)12-17-18(16)22-19(23(3)20(17)24)14-6-9-25-10-7-14/h11-12,14H,2,4-10H2,1,3H3. The Kier molecular flexibility index (Phi) is 5.99. The number of hydrogen-bond acceptors (Lipinski definition) is 4. The Morgan fingerprint density at radius 3 is 2.85 bits per heavy atom. The third-order valence-corrected chi connectivity index (χ3v) is 5.06. The summed E-state index contributed by atoms with van der Waals surface area (Å²) in [7, 11) is 1.77. The molecule has 1 fully saturated rings. The minimum Gasteiger partial charge on any atom is -0.494 e. The summed E-state index contributed by atoms with van der Waals surface area (Å²) in [6, 6.07) is 3.45. The molecule has 0 amide bonds. The van der Waals surface area contributed by atoms with Crippen LogP contribution in [0.25, 0.3) is 16.7 Å². The Balaban J connectivity index is 2.11. The summed E-state index contributed by atoms with van der Waals surface area (Å²) < 4.78 is 12.8. The van der Waals surface area contributed by atoms with E-state index >= 15 is 0 Å². The van der Waals surface area contributed by atoms with Crippen LogP contribution < -0.4 is 5.56 Å². The van der Waals surface area contributed by atoms with Gasteiger partial charge in [0, 0.05) is 36.8 Å². The molecule has 3 rings (SSSR count). The monoisotopic (exact) mass is 376 g/mol. The third-order valence-electron chi connectivity index (χ3n) is 4.84. The fraction of sp³-hybridized carbons (Fsp3) is 0.500. The maximum atomic E-state index is 12.9. The van der Waals surface area contributed by atoms with E-state index in [0.29, 0.717) is 47.1 Å². The first-order chi connectivity index (χ1) is 12.5. The molecule has 1 saturated heterocycles. The zero-order valence-corrected chi connectivity index (χ0v) is 16.1. The second kappa shape index (κ2) is 8.23. The van der Waals surface area contributed by atoms with Crippen molar-refractivity contribution in [2.45, 2.75) is 38.5 Å². The van der Waals surface area contributed by atoms with Crippen LogP contribution in [0.5, 0.6) is 0 Å². The molecule has 2 heterocycles. The van der Waals surface area contributed by atoms with E-state index in [4.69, 9.17) is 26.1 Å². The number of rotatable bonds is 6. The van der Waals surface area contributed by atoms with Crippen molar-refractivity contribution >= 4 is 28.3 Å². The molecule has 6 heteroatoms. The quantitative estimate of drug-likeness (QED) is 0.558. The van der Waals surface area contributed by atoms with E-state index in [1.54, 1.807) is 23.7 Å². The maximum Gasteiger partial charge on any atom is 0.261 e. The van der Waals surface area contributed by atoms with E-state index in [-0.39, 0.29) is 11.5 Å². The van der Waals surface area contributed by atoms with Crippen molar-refractivity contribution in [3.05, 3.63) is 45.5 Å². The van der Waals surface area contributed by atoms with Gasteiger partial charge in [-0.05, 0) is 31.4 Å². The molecule has 26 heavy (non-hydrogen) atoms. The topological polar surface area (TPSA) is 53.4 Å². The van der Waals surface area contributed by atoms with Gasteiger partial charge in [0.25, 0.3) is 5.56 Å². The SMILES string of the molecule is C=C(OCCCC)c1cc(Cl)cc2c(=O)n(C)c(C3CCOCC3)nc12. The van der Waals surface area contributed by atoms with Crippen LogP contribution in [0.2, 0.25) is 5.02 Å². The Labute approximate surface area is 158 Å². The Bertz CT molecular complexity index is 869. The van der Waals surface area contributed by atoms with E-state index in [1.165, 1.54) is 0 Å². The van der Waals surface area contributed by atoms with Crippen LogP contribution in [0.1, 0.15) is 49.9 Å². The minimum absolute atomic E-state index is 0.0957. The summed E-state index contributed by atoms with van der Waals surface area (Å²) in [6.07, 6.45) is 3.71. The summed E-state index contributed by atoms with van der Waals surface area (Å²) in [5, 5.41) is 0.969. The van der Waals surface area contributed by atoms with Crippen molar-refractivity contribution in [1.82, 2.24) is 9.55 Å². The van der Waals surface area contributed by atoms with Crippen LogP contribution in [0.3, 0.4) is 0 Å². The molecule has 0 saturated carbocycles. The van der Waals surface area contributed by atoms with Gasteiger partial charge in [0.2, 0.25) is 0 Å². The molecule has 5 nitrogen and oxygen atoms in total. The van der Waals surface area contributed by atoms with Crippen LogP contribution in [0.4, 0.5) is 0 Å². The fourth-order valence-electron chi connectivity index (χ4n) is 3.31. The average molecular weight is 377 g/mol. The summed E-state index contributed by atoms with van der Waals surface area (Å²) in [5.74, 6) is 1.50. The zero-order valence-electron chi connectivity index (χ0n) is 15.4. The molecule has 0 unspecified atom stereocenters. The second-order valence-electron chi connectivity index (χ2n) is 6.70. The Morgan fingerprint density at radius 2 is 2.15 bits per heavy atom. The predicted molar refractivity (Wildman–Crippen MR) is 105 cm³/mol. The number of nitrogens with zero attached hydrogens (tertiary/aromatic N) is 2. The number of ether oxygens (including phenoxy) is 2. The number of fused-ring (bicyclic) bond motifs is 1. The minimum atomic E-state index is -0.0957. The summed E-state index contributed by atoms with van der Waals surface area (Å²) in [4.78, 5) is 17.8. The van der Waals surface area contributed by atoms with E-state index < -0.39 is 0 Å². The number of benzene rings is 1. The van der Waals surface area contributed by atoms with Gasteiger partial charge in [-0.15, -0.1) is 0 Å². The van der Waals surface area contributed by atoms with Gasteiger partial charge in [0.1, 0.15) is 11.6 Å². The van der Waals surface area contributed by atoms with Crippen molar-refractivity contribution in [1.29, 1.82) is 0 Å². The van der Waals surface area contributed by atoms with E-state index in [2.05, 4.69) is 13.5 Å². The molecule has 1 aliphatic rings. The van der Waals surface area contributed by atoms with Crippen LogP contribution in [0, 0.1) is 0 Å². The van der Waals surface area contributed by atoms with Crippen molar-refractivity contribution in [2.75, 3.05) is 19.8 Å². The van der Waals surface area contributed by atoms with E-state index in [0.717, 1.165) is 31.5 Å². The normalized spacial score (nSPS) is 15.3. The molecule has 0 radical (unpaired) electrons. The van der Waals surface area contributed by atoms with Crippen molar-refractivity contribution < 1.29 is 9.47 Å². The smallest absolute Gasteiger partial charge is 0.261 e. The molecule has 0 spiro atoms. The molecule has 140 valence electrons. The molecule has 1 aliphatic heterocycles. The average Bonchev–Trinajstić information content (AvgIpc) is 2.65. The largest absolute Gasteiger partial charge is 0.494 e. The lowest BCUT2D eigenvalue weighted by Crippen LogP contribution is -2.27. The number of hydrogen-bond donors (Lipinski definition) is 0. The third kappa shape index (κ3) is 3.79. The highest BCUT2D eigenvalue weighted by Crippen LogP contribution is 2.30. The maximum absolute atomic E-state index is 12.9. The first kappa shape index (κ1) is 18.9. The predicted octanol–water partition coefficient (Wildman–Crippen LogP) is 4.27. The molecule has 0 atom stereocenters. The lowest BCUT2D eigenvalue weighted by Gasteiger charge is -2.24. The van der Waals surface area contributed by atoms with Crippen LogP contribution in [-0.2, 0) is 16.5 Å². The number of halogens is 1. The van der Waals surface area contributed by atoms with Crippen LogP contribution in [0.15, 0.2) is 23.5 Å². The lowest BCUT2D eigenvalue weighted by molar-refractivity contribution is 0.0828. The van der Waals surface area contributed by atoms with Gasteiger partial charge in [-0.25, -0.2) is 4.98 Å². The fourth-order valence-corrected chi connectivity index (χ4v) is 3.53. The Morgan fingerprint density at radius 1 is 1.42 bits per heavy atom. The molecular formula is C20H25ClN2O3. The number of aromatic nitrogens is 2. The first-order valence-electron chi connectivity index (χ1n) is 9.13. The van der Waals surface area contributed by atoms with Crippen LogP contribution in [-0.4, -0.2) is 29.4 Å². The summed E-state index contributed by atoms with van der Waals surface area (Å²) in [5.41, 5.74) is 1.21. The lowest BCUT2D eigenvalue weighted by atomic mass is 9.98. The van der Waals surface area contributed by atoms with Gasteiger partial charge in [-0.1, -0.05) is 31.5 Å². The second-order valence-corrected chi connectivity index (χ2v) is 7.13. The van der Waals surface area contributed by atoms with Gasteiger partial charge < -0.3 is 9.47 Å². The van der Waals surface area contributed by atoms with Crippen molar-refractivity contribution in [3.63, 3.8) is 0 Å². The molecule has 1 aromatic carbocycles. The summed E-state index contributed by atoms with van der Waals surface area (Å²) in [6.45, 7) is 8.11. The van der Waals surface area contributed by atoms with E-state index in [1.807, 2.05) is 0 Å². The zero-order chi connectivity index (χ0) is 18.7. The number of unbranched alkanes of at least 4 members (excludes halogenated alkanes) is 1. The molecule has 0 bridgehead atoms. The van der Waals surface area contributed by atoms with E-state index in [9.17, 15) is 4.79 Å². The van der Waals surface area contributed by atoms with Crippen molar-refractivity contribution in [2.24, 2.45) is 7.05 Å². The highest BCUT2D eigenvalue weighted by Gasteiger charge is 2.23. The molecular weight excluding hydrogens is 352 g/mol. The van der Waals surface area contributed by atoms with Gasteiger partial charge in [-0.3, -0.25) is 9.36 Å². The molecule has 0 N–H and O–H groups in total. The van der Waals surface area contributed by atoms with Gasteiger partial charge in [0.15, 0.2) is 0 Å². The molecule has 0 aliphatic carbocycles.